The Morgan fingerprint density at radius 3 is 2.57 bits per heavy atom. The Morgan fingerprint density at radius 1 is 1.11 bits per heavy atom. The minimum Gasteiger partial charge on any atom is -0.454 e. The SMILES string of the molecule is Cc1ccc(C)c(S(=O)(=O)Nc2ccccc2C(=O)OCc2cc(C)no2)c1. The van der Waals surface area contributed by atoms with Crippen LogP contribution in [0, 0.1) is 20.8 Å². The number of sulfonamides is 1. The Kier molecular flexibility index (Phi) is 5.51. The number of carbonyl (C=O) groups is 1. The fourth-order valence-electron chi connectivity index (χ4n) is 2.65. The summed E-state index contributed by atoms with van der Waals surface area (Å²) in [6.45, 7) is 5.19. The molecule has 0 aliphatic heterocycles. The van der Waals surface area contributed by atoms with Crippen LogP contribution in [0.4, 0.5) is 5.69 Å². The number of nitrogens with zero attached hydrogens (tertiary/aromatic N) is 1. The van der Waals surface area contributed by atoms with Crippen molar-refractivity contribution in [3.05, 3.63) is 76.7 Å². The minimum atomic E-state index is -3.87. The summed E-state index contributed by atoms with van der Waals surface area (Å²) < 4.78 is 38.4. The van der Waals surface area contributed by atoms with Crippen molar-refractivity contribution in [1.82, 2.24) is 5.16 Å². The Balaban J connectivity index is 1.83. The number of esters is 1. The van der Waals surface area contributed by atoms with Crippen molar-refractivity contribution in [2.75, 3.05) is 4.72 Å². The van der Waals surface area contributed by atoms with Crippen molar-refractivity contribution in [3.8, 4) is 0 Å². The molecule has 0 spiro atoms. The molecule has 0 fully saturated rings. The maximum absolute atomic E-state index is 12.8. The number of ether oxygens (including phenoxy) is 1. The highest BCUT2D eigenvalue weighted by Crippen LogP contribution is 2.24. The monoisotopic (exact) mass is 400 g/mol. The molecule has 0 saturated heterocycles. The van der Waals surface area contributed by atoms with Crippen LogP contribution in [-0.4, -0.2) is 19.5 Å². The fraction of sp³-hybridized carbons (Fsp3) is 0.200. The highest BCUT2D eigenvalue weighted by atomic mass is 32.2. The summed E-state index contributed by atoms with van der Waals surface area (Å²) in [7, 11) is -3.87. The molecule has 3 rings (SSSR count). The van der Waals surface area contributed by atoms with Crippen molar-refractivity contribution in [2.24, 2.45) is 0 Å². The van der Waals surface area contributed by atoms with Gasteiger partial charge < -0.3 is 9.26 Å². The Morgan fingerprint density at radius 2 is 1.86 bits per heavy atom. The van der Waals surface area contributed by atoms with E-state index in [4.69, 9.17) is 9.26 Å². The molecule has 0 aliphatic carbocycles. The number of hydrogen-bond acceptors (Lipinski definition) is 6. The number of rotatable bonds is 6. The summed E-state index contributed by atoms with van der Waals surface area (Å²) in [4.78, 5) is 12.6. The molecule has 2 aromatic carbocycles. The number of aromatic nitrogens is 1. The molecule has 1 heterocycles. The van der Waals surface area contributed by atoms with Gasteiger partial charge in [0.1, 0.15) is 0 Å². The maximum Gasteiger partial charge on any atom is 0.340 e. The lowest BCUT2D eigenvalue weighted by Gasteiger charge is -2.14. The van der Waals surface area contributed by atoms with Crippen molar-refractivity contribution >= 4 is 21.7 Å². The van der Waals surface area contributed by atoms with E-state index >= 15 is 0 Å². The molecule has 1 aromatic heterocycles. The van der Waals surface area contributed by atoms with Crippen LogP contribution in [0.2, 0.25) is 0 Å². The number of hydrogen-bond donors (Lipinski definition) is 1. The zero-order valence-electron chi connectivity index (χ0n) is 15.7. The summed E-state index contributed by atoms with van der Waals surface area (Å²) in [5.74, 6) is -0.271. The third-order valence-corrected chi connectivity index (χ3v) is 5.55. The summed E-state index contributed by atoms with van der Waals surface area (Å²) in [6, 6.07) is 13.1. The molecule has 0 aliphatic rings. The van der Waals surface area contributed by atoms with Crippen LogP contribution in [0.1, 0.15) is 32.9 Å². The van der Waals surface area contributed by atoms with E-state index in [9.17, 15) is 13.2 Å². The van der Waals surface area contributed by atoms with Crippen molar-refractivity contribution < 1.29 is 22.5 Å². The van der Waals surface area contributed by atoms with E-state index in [0.717, 1.165) is 5.56 Å². The van der Waals surface area contributed by atoms with E-state index < -0.39 is 16.0 Å². The van der Waals surface area contributed by atoms with Crippen molar-refractivity contribution in [2.45, 2.75) is 32.3 Å². The largest absolute Gasteiger partial charge is 0.454 e. The Hall–Kier alpha value is -3.13. The number of nitrogens with one attached hydrogen (secondary N) is 1. The molecule has 0 unspecified atom stereocenters. The normalized spacial score (nSPS) is 11.2. The van der Waals surface area contributed by atoms with Crippen molar-refractivity contribution in [3.63, 3.8) is 0 Å². The topological polar surface area (TPSA) is 98.5 Å². The predicted octanol–water partition coefficient (Wildman–Crippen LogP) is 3.76. The van der Waals surface area contributed by atoms with Crippen LogP contribution in [0.25, 0.3) is 0 Å². The lowest BCUT2D eigenvalue weighted by atomic mass is 10.2. The second-order valence-corrected chi connectivity index (χ2v) is 8.08. The van der Waals surface area contributed by atoms with Crippen LogP contribution < -0.4 is 4.72 Å². The average molecular weight is 400 g/mol. The second kappa shape index (κ2) is 7.85. The van der Waals surface area contributed by atoms with E-state index in [0.29, 0.717) is 17.0 Å². The molecule has 0 amide bonds. The van der Waals surface area contributed by atoms with Gasteiger partial charge in [-0.15, -0.1) is 0 Å². The fourth-order valence-corrected chi connectivity index (χ4v) is 4.06. The van der Waals surface area contributed by atoms with Crippen molar-refractivity contribution in [1.29, 1.82) is 0 Å². The Labute approximate surface area is 163 Å². The smallest absolute Gasteiger partial charge is 0.340 e. The standard InChI is InChI=1S/C20H20N2O5S/c1-13-8-9-14(2)19(10-13)28(24,25)22-18-7-5-4-6-17(18)20(23)26-12-16-11-15(3)21-27-16/h4-11,22H,12H2,1-3H3. The van der Waals surface area contributed by atoms with Gasteiger partial charge in [0.2, 0.25) is 0 Å². The molecule has 0 bridgehead atoms. The molecule has 0 atom stereocenters. The van der Waals surface area contributed by atoms with Gasteiger partial charge in [0, 0.05) is 6.07 Å². The van der Waals surface area contributed by atoms with Gasteiger partial charge in [0.15, 0.2) is 12.4 Å². The lowest BCUT2D eigenvalue weighted by molar-refractivity contribution is 0.0438. The van der Waals surface area contributed by atoms with Gasteiger partial charge in [0.25, 0.3) is 10.0 Å². The summed E-state index contributed by atoms with van der Waals surface area (Å²) in [5, 5.41) is 3.72. The molecule has 8 heteroatoms. The molecular formula is C20H20N2O5S. The molecule has 1 N–H and O–H groups in total. The number of aryl methyl sites for hydroxylation is 3. The van der Waals surface area contributed by atoms with Crippen LogP contribution in [0.5, 0.6) is 0 Å². The van der Waals surface area contributed by atoms with Gasteiger partial charge in [0.05, 0.1) is 21.8 Å². The zero-order valence-corrected chi connectivity index (χ0v) is 16.5. The van der Waals surface area contributed by atoms with Gasteiger partial charge >= 0.3 is 5.97 Å². The molecule has 28 heavy (non-hydrogen) atoms. The first kappa shape index (κ1) is 19.6. The quantitative estimate of drug-likeness (QED) is 0.633. The van der Waals surface area contributed by atoms with Crippen LogP contribution in [0.15, 0.2) is 57.9 Å². The first-order valence-corrected chi connectivity index (χ1v) is 10.0. The number of carbonyl (C=O) groups excluding carboxylic acids is 1. The van der Waals surface area contributed by atoms with Gasteiger partial charge in [-0.1, -0.05) is 29.4 Å². The first-order chi connectivity index (χ1) is 13.3. The predicted molar refractivity (Wildman–Crippen MR) is 104 cm³/mol. The van der Waals surface area contributed by atoms with Gasteiger partial charge in [-0.3, -0.25) is 4.72 Å². The summed E-state index contributed by atoms with van der Waals surface area (Å²) in [5.41, 5.74) is 2.35. The lowest BCUT2D eigenvalue weighted by Crippen LogP contribution is -2.17. The minimum absolute atomic E-state index is 0.0995. The molecular weight excluding hydrogens is 380 g/mol. The summed E-state index contributed by atoms with van der Waals surface area (Å²) >= 11 is 0. The molecule has 0 radical (unpaired) electrons. The average Bonchev–Trinajstić information content (AvgIpc) is 3.07. The zero-order chi connectivity index (χ0) is 20.3. The highest BCUT2D eigenvalue weighted by molar-refractivity contribution is 7.92. The van der Waals surface area contributed by atoms with Crippen LogP contribution in [-0.2, 0) is 21.4 Å². The van der Waals surface area contributed by atoms with E-state index in [-0.39, 0.29) is 22.8 Å². The van der Waals surface area contributed by atoms with E-state index in [1.807, 2.05) is 13.0 Å². The van der Waals surface area contributed by atoms with E-state index in [2.05, 4.69) is 9.88 Å². The van der Waals surface area contributed by atoms with E-state index in [1.54, 1.807) is 44.2 Å². The second-order valence-electron chi connectivity index (χ2n) is 6.43. The highest BCUT2D eigenvalue weighted by Gasteiger charge is 2.21. The summed E-state index contributed by atoms with van der Waals surface area (Å²) in [6.07, 6.45) is 0. The van der Waals surface area contributed by atoms with Gasteiger partial charge in [-0.2, -0.15) is 0 Å². The molecule has 3 aromatic rings. The number of benzene rings is 2. The Bertz CT molecular complexity index is 1120. The number of anilines is 1. The van der Waals surface area contributed by atoms with Gasteiger partial charge in [-0.05, 0) is 50.1 Å². The molecule has 7 nitrogen and oxygen atoms in total. The van der Waals surface area contributed by atoms with Gasteiger partial charge in [-0.25, -0.2) is 13.2 Å². The first-order valence-electron chi connectivity index (χ1n) is 8.55. The van der Waals surface area contributed by atoms with Crippen LogP contribution >= 0.6 is 0 Å². The molecule has 0 saturated carbocycles. The van der Waals surface area contributed by atoms with E-state index in [1.165, 1.54) is 12.1 Å². The third-order valence-electron chi connectivity index (χ3n) is 4.05. The maximum atomic E-state index is 12.8. The third kappa shape index (κ3) is 4.40. The molecule has 146 valence electrons. The number of para-hydroxylation sites is 1. The van der Waals surface area contributed by atoms with Crippen LogP contribution in [0.3, 0.4) is 0 Å².